The number of rotatable bonds is 8. The molecule has 0 heterocycles. The van der Waals surface area contributed by atoms with Crippen LogP contribution in [0.4, 0.5) is 17.6 Å². The number of ether oxygens (including phenoxy) is 2. The van der Waals surface area contributed by atoms with Gasteiger partial charge in [-0.2, -0.15) is 17.6 Å². The molecule has 2 aromatic rings. The van der Waals surface area contributed by atoms with E-state index in [1.165, 1.54) is 19.1 Å². The van der Waals surface area contributed by atoms with E-state index < -0.39 is 29.3 Å². The molecule has 29 heavy (non-hydrogen) atoms. The van der Waals surface area contributed by atoms with Crippen LogP contribution in [-0.4, -0.2) is 24.4 Å². The number of esters is 1. The molecule has 0 aromatic heterocycles. The Labute approximate surface area is 166 Å². The van der Waals surface area contributed by atoms with Crippen LogP contribution >= 0.6 is 0 Å². The maximum absolute atomic E-state index is 14.1. The van der Waals surface area contributed by atoms with E-state index in [1.54, 1.807) is 12.1 Å². The first-order chi connectivity index (χ1) is 13.5. The van der Waals surface area contributed by atoms with Gasteiger partial charge in [-0.3, -0.25) is 0 Å². The van der Waals surface area contributed by atoms with Crippen LogP contribution in [0.5, 0.6) is 0 Å². The Bertz CT molecular complexity index is 901. The molecule has 0 aliphatic rings. The maximum Gasteiger partial charge on any atom is 0.373 e. The van der Waals surface area contributed by atoms with Gasteiger partial charge in [-0.05, 0) is 37.1 Å². The third-order valence-electron chi connectivity index (χ3n) is 4.13. The van der Waals surface area contributed by atoms with Gasteiger partial charge in [0.25, 0.3) is 0 Å². The zero-order valence-electron chi connectivity index (χ0n) is 16.0. The number of carbonyl (C=O) groups excluding carboxylic acids is 1. The molecule has 0 bridgehead atoms. The van der Waals surface area contributed by atoms with E-state index in [1.807, 2.05) is 31.2 Å². The van der Waals surface area contributed by atoms with E-state index in [9.17, 15) is 22.4 Å². The Morgan fingerprint density at radius 3 is 1.79 bits per heavy atom. The van der Waals surface area contributed by atoms with Crippen molar-refractivity contribution in [2.24, 2.45) is 0 Å². The molecule has 2 rings (SSSR count). The first kappa shape index (κ1) is 22.2. The summed E-state index contributed by atoms with van der Waals surface area (Å²) < 4.78 is 64.9. The van der Waals surface area contributed by atoms with Crippen LogP contribution in [-0.2, 0) is 9.47 Å². The first-order valence-electron chi connectivity index (χ1n) is 8.67. The van der Waals surface area contributed by atoms with Crippen molar-refractivity contribution in [2.75, 3.05) is 6.61 Å². The number of hydrogen-bond acceptors (Lipinski definition) is 3. The lowest BCUT2D eigenvalue weighted by Crippen LogP contribution is -2.44. The molecule has 0 unspecified atom stereocenters. The highest BCUT2D eigenvalue weighted by Gasteiger charge is 2.63. The van der Waals surface area contributed by atoms with Gasteiger partial charge < -0.3 is 9.47 Å². The third kappa shape index (κ3) is 4.67. The van der Waals surface area contributed by atoms with E-state index in [0.717, 1.165) is 16.7 Å². The van der Waals surface area contributed by atoms with Gasteiger partial charge in [0.15, 0.2) is 11.5 Å². The number of allylic oxidation sites excluding steroid dienone is 2. The molecular weight excluding hydrogens is 388 g/mol. The number of hydrogen-bond donors (Lipinski definition) is 0. The predicted octanol–water partition coefficient (Wildman–Crippen LogP) is 6.15. The van der Waals surface area contributed by atoms with Crippen molar-refractivity contribution >= 4 is 5.97 Å². The Morgan fingerprint density at radius 2 is 1.31 bits per heavy atom. The van der Waals surface area contributed by atoms with Crippen LogP contribution in [0.3, 0.4) is 0 Å². The van der Waals surface area contributed by atoms with Crippen LogP contribution in [0.15, 0.2) is 73.2 Å². The fraction of sp³-hybridized carbons (Fsp3) is 0.227. The van der Waals surface area contributed by atoms with E-state index >= 15 is 0 Å². The standard InChI is InChI=1S/C22H20F4O3/c1-5-28-15(3)21(23,24)22(25,26)16(4)29-20(27)19-12-10-18(11-13-19)17-8-6-14(2)7-9-17/h6-13H,3-5H2,1-2H3. The molecule has 154 valence electrons. The average molecular weight is 408 g/mol. The van der Waals surface area contributed by atoms with Crippen molar-refractivity contribution in [2.45, 2.75) is 25.7 Å². The molecule has 0 aliphatic heterocycles. The van der Waals surface area contributed by atoms with Crippen molar-refractivity contribution in [3.8, 4) is 11.1 Å². The maximum atomic E-state index is 14.1. The molecule has 0 aliphatic carbocycles. The second kappa shape index (κ2) is 8.51. The minimum Gasteiger partial charge on any atom is -0.492 e. The Morgan fingerprint density at radius 1 is 0.862 bits per heavy atom. The number of halogens is 4. The number of alkyl halides is 4. The van der Waals surface area contributed by atoms with Gasteiger partial charge in [0.05, 0.1) is 12.2 Å². The summed E-state index contributed by atoms with van der Waals surface area (Å²) in [4.78, 5) is 12.1. The van der Waals surface area contributed by atoms with E-state index in [2.05, 4.69) is 22.6 Å². The van der Waals surface area contributed by atoms with Crippen LogP contribution in [0.2, 0.25) is 0 Å². The molecule has 0 saturated carbocycles. The fourth-order valence-corrected chi connectivity index (χ4v) is 2.39. The van der Waals surface area contributed by atoms with Crippen molar-refractivity contribution in [3.05, 3.63) is 84.3 Å². The molecule has 7 heteroatoms. The summed E-state index contributed by atoms with van der Waals surface area (Å²) in [7, 11) is 0. The summed E-state index contributed by atoms with van der Waals surface area (Å²) >= 11 is 0. The minimum atomic E-state index is -4.89. The van der Waals surface area contributed by atoms with Gasteiger partial charge in [-0.15, -0.1) is 0 Å². The second-order valence-electron chi connectivity index (χ2n) is 6.26. The second-order valence-corrected chi connectivity index (χ2v) is 6.26. The molecule has 0 atom stereocenters. The summed E-state index contributed by atoms with van der Waals surface area (Å²) in [5.74, 6) is -14.1. The average Bonchev–Trinajstić information content (AvgIpc) is 2.68. The largest absolute Gasteiger partial charge is 0.492 e. The highest BCUT2D eigenvalue weighted by Crippen LogP contribution is 2.44. The van der Waals surface area contributed by atoms with Crippen LogP contribution in [0, 0.1) is 6.92 Å². The first-order valence-corrected chi connectivity index (χ1v) is 8.67. The predicted molar refractivity (Wildman–Crippen MR) is 102 cm³/mol. The number of carbonyl (C=O) groups is 1. The fourth-order valence-electron chi connectivity index (χ4n) is 2.39. The summed E-state index contributed by atoms with van der Waals surface area (Å²) in [6.07, 6.45) is 0. The lowest BCUT2D eigenvalue weighted by molar-refractivity contribution is -0.196. The molecule has 0 amide bonds. The normalized spacial score (nSPS) is 11.7. The Kier molecular flexibility index (Phi) is 6.51. The quantitative estimate of drug-likeness (QED) is 0.298. The summed E-state index contributed by atoms with van der Waals surface area (Å²) in [5.41, 5.74) is 2.66. The molecule has 0 radical (unpaired) electrons. The van der Waals surface area contributed by atoms with Gasteiger partial charge >= 0.3 is 17.8 Å². The third-order valence-corrected chi connectivity index (χ3v) is 4.13. The van der Waals surface area contributed by atoms with Crippen molar-refractivity contribution in [3.63, 3.8) is 0 Å². The summed E-state index contributed by atoms with van der Waals surface area (Å²) in [6.45, 7) is 8.63. The lowest BCUT2D eigenvalue weighted by Gasteiger charge is -2.28. The van der Waals surface area contributed by atoms with Crippen molar-refractivity contribution in [1.82, 2.24) is 0 Å². The molecule has 2 aromatic carbocycles. The molecule has 0 fully saturated rings. The van der Waals surface area contributed by atoms with Crippen molar-refractivity contribution in [1.29, 1.82) is 0 Å². The smallest absolute Gasteiger partial charge is 0.373 e. The van der Waals surface area contributed by atoms with Gasteiger partial charge in [0.1, 0.15) is 0 Å². The zero-order valence-corrected chi connectivity index (χ0v) is 16.0. The summed E-state index contributed by atoms with van der Waals surface area (Å²) in [6, 6.07) is 13.5. The Hall–Kier alpha value is -3.09. The number of aryl methyl sites for hydroxylation is 1. The lowest BCUT2D eigenvalue weighted by atomic mass is 10.0. The van der Waals surface area contributed by atoms with Gasteiger partial charge in [-0.25, -0.2) is 4.79 Å². The Balaban J connectivity index is 2.13. The van der Waals surface area contributed by atoms with E-state index in [0.29, 0.717) is 0 Å². The van der Waals surface area contributed by atoms with Gasteiger partial charge in [0, 0.05) is 0 Å². The number of benzene rings is 2. The highest BCUT2D eigenvalue weighted by molar-refractivity contribution is 5.90. The molecule has 3 nitrogen and oxygen atoms in total. The molecular formula is C22H20F4O3. The molecule has 0 saturated heterocycles. The SMILES string of the molecule is C=C(OCC)C(F)(F)C(F)(F)C(=C)OC(=O)c1ccc(-c2ccc(C)cc2)cc1. The van der Waals surface area contributed by atoms with Crippen LogP contribution < -0.4 is 0 Å². The van der Waals surface area contributed by atoms with Gasteiger partial charge in [-0.1, -0.05) is 55.1 Å². The molecule has 0 spiro atoms. The van der Waals surface area contributed by atoms with E-state index in [-0.39, 0.29) is 12.2 Å². The van der Waals surface area contributed by atoms with Crippen molar-refractivity contribution < 1.29 is 31.8 Å². The van der Waals surface area contributed by atoms with Crippen LogP contribution in [0.1, 0.15) is 22.8 Å². The molecule has 0 N–H and O–H groups in total. The van der Waals surface area contributed by atoms with E-state index in [4.69, 9.17) is 0 Å². The zero-order chi connectivity index (χ0) is 21.8. The monoisotopic (exact) mass is 408 g/mol. The topological polar surface area (TPSA) is 35.5 Å². The minimum absolute atomic E-state index is 0.0928. The van der Waals surface area contributed by atoms with Gasteiger partial charge in [0.2, 0.25) is 0 Å². The summed E-state index contributed by atoms with van der Waals surface area (Å²) in [5, 5.41) is 0. The van der Waals surface area contributed by atoms with Crippen LogP contribution in [0.25, 0.3) is 11.1 Å². The highest BCUT2D eigenvalue weighted by atomic mass is 19.3.